The largest absolute Gasteiger partial charge is 0.381 e. The SMILES string of the molecule is O=C(NC1(C(=O)N[C@H](Cc2ccccc2)C(=O)NCCN2CCN(CC3CCOCC3)CC2)CCCC1)c1cc2ccccc2s1. The molecule has 0 unspecified atom stereocenters. The molecule has 0 spiro atoms. The number of hydrogen-bond donors (Lipinski definition) is 3. The standard InChI is InChI=1S/C36H47N5O4S/c42-33(37-16-17-40-18-20-41(21-19-40)26-28-12-22-45-23-13-28)30(24-27-8-2-1-3-9-27)38-35(44)36(14-6-7-15-36)39-34(43)32-25-29-10-4-5-11-31(29)46-32/h1-5,8-11,25,28,30H,6-7,12-24,26H2,(H,37,42)(H,38,44)(H,39,43)/t30-/m1/s1. The molecule has 3 aromatic rings. The highest BCUT2D eigenvalue weighted by Gasteiger charge is 2.44. The molecule has 2 aromatic carbocycles. The van der Waals surface area contributed by atoms with Crippen molar-refractivity contribution in [1.82, 2.24) is 25.8 Å². The van der Waals surface area contributed by atoms with Crippen molar-refractivity contribution >= 4 is 39.1 Å². The normalized spacial score (nSPS) is 19.9. The molecule has 3 heterocycles. The maximum atomic E-state index is 14.0. The van der Waals surface area contributed by atoms with Crippen molar-refractivity contribution in [3.8, 4) is 0 Å². The molecule has 9 nitrogen and oxygen atoms in total. The van der Waals surface area contributed by atoms with Crippen molar-refractivity contribution in [2.75, 3.05) is 59.0 Å². The van der Waals surface area contributed by atoms with Crippen molar-refractivity contribution < 1.29 is 19.1 Å². The fraction of sp³-hybridized carbons (Fsp3) is 0.528. The third kappa shape index (κ3) is 8.34. The summed E-state index contributed by atoms with van der Waals surface area (Å²) in [4.78, 5) is 46.6. The number of rotatable bonds is 12. The van der Waals surface area contributed by atoms with E-state index in [4.69, 9.17) is 4.74 Å². The van der Waals surface area contributed by atoms with Crippen molar-refractivity contribution in [3.63, 3.8) is 0 Å². The van der Waals surface area contributed by atoms with Gasteiger partial charge in [-0.15, -0.1) is 11.3 Å². The zero-order valence-electron chi connectivity index (χ0n) is 26.7. The van der Waals surface area contributed by atoms with Crippen LogP contribution in [0.3, 0.4) is 0 Å². The van der Waals surface area contributed by atoms with Gasteiger partial charge in [0.05, 0.1) is 4.88 Å². The summed E-state index contributed by atoms with van der Waals surface area (Å²) in [5, 5.41) is 10.3. The summed E-state index contributed by atoms with van der Waals surface area (Å²) in [6.45, 7) is 8.31. The Kier molecular flexibility index (Phi) is 11.0. The van der Waals surface area contributed by atoms with E-state index in [0.29, 0.717) is 30.7 Å². The van der Waals surface area contributed by atoms with Gasteiger partial charge in [0.1, 0.15) is 11.6 Å². The van der Waals surface area contributed by atoms with Crippen LogP contribution in [-0.4, -0.2) is 98.1 Å². The molecule has 3 aliphatic rings. The van der Waals surface area contributed by atoms with Crippen LogP contribution in [0.25, 0.3) is 10.1 Å². The lowest BCUT2D eigenvalue weighted by Crippen LogP contribution is -2.61. The van der Waals surface area contributed by atoms with Gasteiger partial charge in [-0.2, -0.15) is 0 Å². The van der Waals surface area contributed by atoms with E-state index in [1.54, 1.807) is 0 Å². The lowest BCUT2D eigenvalue weighted by Gasteiger charge is -2.37. The van der Waals surface area contributed by atoms with E-state index in [-0.39, 0.29) is 17.7 Å². The highest BCUT2D eigenvalue weighted by molar-refractivity contribution is 7.20. The van der Waals surface area contributed by atoms with Crippen LogP contribution < -0.4 is 16.0 Å². The van der Waals surface area contributed by atoms with E-state index in [1.165, 1.54) is 11.3 Å². The lowest BCUT2D eigenvalue weighted by atomic mass is 9.94. The van der Waals surface area contributed by atoms with Crippen LogP contribution in [0.15, 0.2) is 60.7 Å². The molecule has 2 saturated heterocycles. The lowest BCUT2D eigenvalue weighted by molar-refractivity contribution is -0.132. The summed E-state index contributed by atoms with van der Waals surface area (Å²) >= 11 is 1.43. The third-order valence-corrected chi connectivity index (χ3v) is 11.0. The molecule has 1 aromatic heterocycles. The monoisotopic (exact) mass is 645 g/mol. The smallest absolute Gasteiger partial charge is 0.262 e. The number of ether oxygens (including phenoxy) is 1. The third-order valence-electron chi connectivity index (χ3n) is 9.85. The predicted molar refractivity (Wildman–Crippen MR) is 182 cm³/mol. The number of hydrogen-bond acceptors (Lipinski definition) is 7. The Labute approximate surface area is 276 Å². The number of fused-ring (bicyclic) bond motifs is 1. The van der Waals surface area contributed by atoms with Gasteiger partial charge in [0, 0.05) is 70.1 Å². The number of nitrogens with zero attached hydrogens (tertiary/aromatic N) is 2. The molecule has 6 rings (SSSR count). The quantitative estimate of drug-likeness (QED) is 0.277. The van der Waals surface area contributed by atoms with Crippen LogP contribution in [0.4, 0.5) is 0 Å². The summed E-state index contributed by atoms with van der Waals surface area (Å²) in [6, 6.07) is 18.8. The summed E-state index contributed by atoms with van der Waals surface area (Å²) in [5.74, 6) is 0.0227. The topological polar surface area (TPSA) is 103 Å². The molecule has 2 aliphatic heterocycles. The number of nitrogens with one attached hydrogen (secondary N) is 3. The Balaban J connectivity index is 1.05. The van der Waals surface area contributed by atoms with E-state index in [9.17, 15) is 14.4 Å². The Morgan fingerprint density at radius 1 is 0.913 bits per heavy atom. The van der Waals surface area contributed by atoms with Crippen LogP contribution in [0.5, 0.6) is 0 Å². The van der Waals surface area contributed by atoms with Crippen molar-refractivity contribution in [2.45, 2.75) is 56.5 Å². The Morgan fingerprint density at radius 2 is 1.61 bits per heavy atom. The Hall–Kier alpha value is -3.31. The van der Waals surface area contributed by atoms with Crippen LogP contribution in [0.2, 0.25) is 0 Å². The second-order valence-corrected chi connectivity index (χ2v) is 14.2. The number of carbonyl (C=O) groups is 3. The molecular weight excluding hydrogens is 598 g/mol. The van der Waals surface area contributed by atoms with Gasteiger partial charge in [0.15, 0.2) is 0 Å². The molecule has 1 atom stereocenters. The van der Waals surface area contributed by atoms with Crippen molar-refractivity contribution in [3.05, 3.63) is 71.1 Å². The van der Waals surface area contributed by atoms with Crippen molar-refractivity contribution in [2.24, 2.45) is 5.92 Å². The number of amides is 3. The van der Waals surface area contributed by atoms with Crippen LogP contribution >= 0.6 is 11.3 Å². The Morgan fingerprint density at radius 3 is 2.35 bits per heavy atom. The fourth-order valence-electron chi connectivity index (χ4n) is 7.07. The maximum absolute atomic E-state index is 14.0. The van der Waals surface area contributed by atoms with Gasteiger partial charge < -0.3 is 25.6 Å². The second-order valence-electron chi connectivity index (χ2n) is 13.1. The van der Waals surface area contributed by atoms with Crippen LogP contribution in [0, 0.1) is 5.92 Å². The number of carbonyl (C=O) groups excluding carboxylic acids is 3. The molecule has 10 heteroatoms. The van der Waals surface area contributed by atoms with Gasteiger partial charge in [-0.3, -0.25) is 19.3 Å². The van der Waals surface area contributed by atoms with Gasteiger partial charge in [-0.25, -0.2) is 0 Å². The van der Waals surface area contributed by atoms with Gasteiger partial charge >= 0.3 is 0 Å². The zero-order valence-corrected chi connectivity index (χ0v) is 27.5. The number of thiophene rings is 1. The molecular formula is C36H47N5O4S. The minimum Gasteiger partial charge on any atom is -0.381 e. The maximum Gasteiger partial charge on any atom is 0.262 e. The molecule has 3 fully saturated rings. The van der Waals surface area contributed by atoms with Crippen molar-refractivity contribution in [1.29, 1.82) is 0 Å². The predicted octanol–water partition coefficient (Wildman–Crippen LogP) is 3.83. The molecule has 1 aliphatic carbocycles. The first kappa shape index (κ1) is 32.6. The number of benzene rings is 2. The van der Waals surface area contributed by atoms with Crippen LogP contribution in [-0.2, 0) is 20.7 Å². The first-order valence-corrected chi connectivity index (χ1v) is 17.8. The summed E-state index contributed by atoms with van der Waals surface area (Å²) in [5.41, 5.74) is -0.0642. The second kappa shape index (κ2) is 15.5. The molecule has 1 saturated carbocycles. The molecule has 3 N–H and O–H groups in total. The molecule has 46 heavy (non-hydrogen) atoms. The summed E-state index contributed by atoms with van der Waals surface area (Å²) < 4.78 is 6.55. The minimum atomic E-state index is -1.03. The average Bonchev–Trinajstić information content (AvgIpc) is 3.74. The van der Waals surface area contributed by atoms with Gasteiger partial charge in [-0.1, -0.05) is 61.4 Å². The summed E-state index contributed by atoms with van der Waals surface area (Å²) in [7, 11) is 0. The minimum absolute atomic E-state index is 0.195. The van der Waals surface area contributed by atoms with E-state index >= 15 is 0 Å². The summed E-state index contributed by atoms with van der Waals surface area (Å²) in [6.07, 6.45) is 5.49. The van der Waals surface area contributed by atoms with E-state index in [1.807, 2.05) is 60.7 Å². The van der Waals surface area contributed by atoms with E-state index in [0.717, 1.165) is 99.7 Å². The number of piperazine rings is 1. The van der Waals surface area contributed by atoms with Crippen LogP contribution in [0.1, 0.15) is 53.8 Å². The highest BCUT2D eigenvalue weighted by atomic mass is 32.1. The average molecular weight is 646 g/mol. The van der Waals surface area contributed by atoms with Gasteiger partial charge in [0.2, 0.25) is 11.8 Å². The molecule has 246 valence electrons. The first-order valence-electron chi connectivity index (χ1n) is 16.9. The fourth-order valence-corrected chi connectivity index (χ4v) is 8.02. The zero-order chi connectivity index (χ0) is 31.8. The Bertz CT molecular complexity index is 1430. The first-order chi connectivity index (χ1) is 22.5. The van der Waals surface area contributed by atoms with E-state index in [2.05, 4.69) is 25.8 Å². The van der Waals surface area contributed by atoms with E-state index < -0.39 is 11.6 Å². The molecule has 0 radical (unpaired) electrons. The molecule has 3 amide bonds. The molecule has 0 bridgehead atoms. The van der Waals surface area contributed by atoms with Gasteiger partial charge in [0.25, 0.3) is 5.91 Å². The van der Waals surface area contributed by atoms with Gasteiger partial charge in [-0.05, 0) is 54.7 Å². The highest BCUT2D eigenvalue weighted by Crippen LogP contribution is 2.32.